The van der Waals surface area contributed by atoms with Crippen LogP contribution in [-0.2, 0) is 6.42 Å². The molecule has 0 bridgehead atoms. The summed E-state index contributed by atoms with van der Waals surface area (Å²) in [5.41, 5.74) is 0. The Balaban J connectivity index is 2.14. The Kier molecular flexibility index (Phi) is 4.95. The molecule has 0 spiro atoms. The van der Waals surface area contributed by atoms with Crippen molar-refractivity contribution in [2.75, 3.05) is 13.1 Å². The van der Waals surface area contributed by atoms with E-state index >= 15 is 0 Å². The van der Waals surface area contributed by atoms with Crippen molar-refractivity contribution in [3.8, 4) is 6.07 Å². The van der Waals surface area contributed by atoms with Gasteiger partial charge in [0.15, 0.2) is 0 Å². The maximum Gasteiger partial charge on any atom is 0.0931 e. The lowest BCUT2D eigenvalue weighted by Gasteiger charge is -2.03. The number of halogens is 1. The highest BCUT2D eigenvalue weighted by Gasteiger charge is 1.99. The zero-order valence-electron chi connectivity index (χ0n) is 8.09. The Morgan fingerprint density at radius 3 is 3.00 bits per heavy atom. The van der Waals surface area contributed by atoms with Crippen LogP contribution in [-0.4, -0.2) is 13.1 Å². The molecule has 0 aliphatic rings. The van der Waals surface area contributed by atoms with E-state index in [0.29, 0.717) is 0 Å². The highest BCUT2D eigenvalue weighted by atomic mass is 35.5. The van der Waals surface area contributed by atoms with Gasteiger partial charge in [0.1, 0.15) is 0 Å². The lowest BCUT2D eigenvalue weighted by atomic mass is 10.2. The molecule has 0 aliphatic heterocycles. The van der Waals surface area contributed by atoms with Crippen molar-refractivity contribution >= 4 is 22.9 Å². The Morgan fingerprint density at radius 1 is 1.64 bits per heavy atom. The first-order valence-corrected chi connectivity index (χ1v) is 5.76. The van der Waals surface area contributed by atoms with E-state index in [1.807, 2.05) is 19.1 Å². The van der Waals surface area contributed by atoms with E-state index in [1.54, 1.807) is 11.3 Å². The van der Waals surface area contributed by atoms with E-state index in [9.17, 15) is 0 Å². The molecule has 76 valence electrons. The fourth-order valence-corrected chi connectivity index (χ4v) is 2.15. The van der Waals surface area contributed by atoms with Gasteiger partial charge < -0.3 is 5.32 Å². The van der Waals surface area contributed by atoms with Crippen molar-refractivity contribution in [3.05, 3.63) is 21.3 Å². The van der Waals surface area contributed by atoms with Crippen LogP contribution in [0.2, 0.25) is 4.34 Å². The minimum Gasteiger partial charge on any atom is -0.315 e. The Morgan fingerprint density at radius 2 is 2.43 bits per heavy atom. The third-order valence-corrected chi connectivity index (χ3v) is 3.14. The zero-order chi connectivity index (χ0) is 10.4. The number of nitriles is 1. The molecule has 2 nitrogen and oxygen atoms in total. The summed E-state index contributed by atoms with van der Waals surface area (Å²) in [6, 6.07) is 6.15. The quantitative estimate of drug-likeness (QED) is 0.787. The number of thiophene rings is 1. The summed E-state index contributed by atoms with van der Waals surface area (Å²) in [4.78, 5) is 1.28. The van der Waals surface area contributed by atoms with Crippen LogP contribution in [0.5, 0.6) is 0 Å². The van der Waals surface area contributed by atoms with Crippen molar-refractivity contribution in [1.29, 1.82) is 5.26 Å². The molecule has 1 heterocycles. The summed E-state index contributed by atoms with van der Waals surface area (Å²) in [6.45, 7) is 3.58. The first kappa shape index (κ1) is 11.5. The number of hydrogen-bond acceptors (Lipinski definition) is 3. The minimum absolute atomic E-state index is 0.0851. The summed E-state index contributed by atoms with van der Waals surface area (Å²) in [7, 11) is 0. The van der Waals surface area contributed by atoms with Gasteiger partial charge in [0, 0.05) is 18.0 Å². The number of nitrogens with one attached hydrogen (secondary N) is 1. The standard InChI is InChI=1S/C10H13ClN2S/c1-8(6-12)7-13-5-4-9-2-3-10(11)14-9/h2-3,8,13H,4-5,7H2,1H3. The second-order valence-corrected chi connectivity index (χ2v) is 4.99. The predicted octanol–water partition coefficient (Wildman–Crippen LogP) is 2.69. The van der Waals surface area contributed by atoms with Crippen LogP contribution in [0, 0.1) is 17.2 Å². The van der Waals surface area contributed by atoms with Gasteiger partial charge in [-0.15, -0.1) is 11.3 Å². The van der Waals surface area contributed by atoms with Gasteiger partial charge >= 0.3 is 0 Å². The third-order valence-electron chi connectivity index (χ3n) is 1.85. The summed E-state index contributed by atoms with van der Waals surface area (Å²) in [5.74, 6) is 0.0851. The highest BCUT2D eigenvalue weighted by Crippen LogP contribution is 2.21. The molecule has 0 saturated heterocycles. The third kappa shape index (κ3) is 4.10. The number of hydrogen-bond donors (Lipinski definition) is 1. The molecule has 0 aromatic carbocycles. The van der Waals surface area contributed by atoms with Crippen molar-refractivity contribution in [2.24, 2.45) is 5.92 Å². The Hall–Kier alpha value is -0.560. The van der Waals surface area contributed by atoms with E-state index in [0.717, 1.165) is 23.8 Å². The lowest BCUT2D eigenvalue weighted by Crippen LogP contribution is -2.22. The molecule has 0 amide bonds. The maximum absolute atomic E-state index is 8.55. The van der Waals surface area contributed by atoms with E-state index in [1.165, 1.54) is 4.88 Å². The van der Waals surface area contributed by atoms with E-state index in [2.05, 4.69) is 11.4 Å². The maximum atomic E-state index is 8.55. The molecule has 1 aromatic rings. The monoisotopic (exact) mass is 228 g/mol. The van der Waals surface area contributed by atoms with Gasteiger partial charge in [0.2, 0.25) is 0 Å². The van der Waals surface area contributed by atoms with E-state index in [-0.39, 0.29) is 5.92 Å². The first-order chi connectivity index (χ1) is 6.72. The van der Waals surface area contributed by atoms with Crippen LogP contribution < -0.4 is 5.32 Å². The van der Waals surface area contributed by atoms with Gasteiger partial charge in [0.25, 0.3) is 0 Å². The van der Waals surface area contributed by atoms with Crippen molar-refractivity contribution < 1.29 is 0 Å². The Bertz CT molecular complexity index is 316. The first-order valence-electron chi connectivity index (χ1n) is 4.57. The molecule has 0 fully saturated rings. The smallest absolute Gasteiger partial charge is 0.0931 e. The molecule has 1 unspecified atom stereocenters. The fourth-order valence-electron chi connectivity index (χ4n) is 1.06. The summed E-state index contributed by atoms with van der Waals surface area (Å²) >= 11 is 7.41. The number of rotatable bonds is 5. The second-order valence-electron chi connectivity index (χ2n) is 3.19. The van der Waals surface area contributed by atoms with Crippen molar-refractivity contribution in [3.63, 3.8) is 0 Å². The predicted molar refractivity (Wildman–Crippen MR) is 60.7 cm³/mol. The summed E-state index contributed by atoms with van der Waals surface area (Å²) < 4.78 is 0.838. The molecule has 0 saturated carbocycles. The van der Waals surface area contributed by atoms with Crippen LogP contribution >= 0.6 is 22.9 Å². The summed E-state index contributed by atoms with van der Waals surface area (Å²) in [5, 5.41) is 11.8. The molecule has 14 heavy (non-hydrogen) atoms. The van der Waals surface area contributed by atoms with Crippen LogP contribution in [0.4, 0.5) is 0 Å². The average molecular weight is 229 g/mol. The van der Waals surface area contributed by atoms with E-state index < -0.39 is 0 Å². The second kappa shape index (κ2) is 6.02. The Labute approximate surface area is 93.5 Å². The van der Waals surface area contributed by atoms with Crippen LogP contribution in [0.1, 0.15) is 11.8 Å². The molecular weight excluding hydrogens is 216 g/mol. The lowest BCUT2D eigenvalue weighted by molar-refractivity contribution is 0.604. The normalized spacial score (nSPS) is 12.4. The largest absolute Gasteiger partial charge is 0.315 e. The van der Waals surface area contributed by atoms with E-state index in [4.69, 9.17) is 16.9 Å². The molecule has 1 rings (SSSR count). The molecule has 1 atom stereocenters. The van der Waals surface area contributed by atoms with Crippen molar-refractivity contribution in [2.45, 2.75) is 13.3 Å². The van der Waals surface area contributed by atoms with Gasteiger partial charge in [-0.3, -0.25) is 0 Å². The summed E-state index contributed by atoms with van der Waals surface area (Å²) in [6.07, 6.45) is 0.982. The molecule has 1 aromatic heterocycles. The molecular formula is C10H13ClN2S. The van der Waals surface area contributed by atoms with Crippen LogP contribution in [0.25, 0.3) is 0 Å². The van der Waals surface area contributed by atoms with Gasteiger partial charge in [-0.2, -0.15) is 5.26 Å². The molecule has 0 aliphatic carbocycles. The highest BCUT2D eigenvalue weighted by molar-refractivity contribution is 7.16. The van der Waals surface area contributed by atoms with Gasteiger partial charge in [0.05, 0.1) is 16.3 Å². The molecule has 4 heteroatoms. The average Bonchev–Trinajstić information content (AvgIpc) is 2.58. The topological polar surface area (TPSA) is 35.8 Å². The minimum atomic E-state index is 0.0851. The van der Waals surface area contributed by atoms with Crippen LogP contribution in [0.3, 0.4) is 0 Å². The van der Waals surface area contributed by atoms with Gasteiger partial charge in [-0.1, -0.05) is 11.6 Å². The van der Waals surface area contributed by atoms with Gasteiger partial charge in [-0.25, -0.2) is 0 Å². The molecule has 0 radical (unpaired) electrons. The van der Waals surface area contributed by atoms with Crippen LogP contribution in [0.15, 0.2) is 12.1 Å². The zero-order valence-corrected chi connectivity index (χ0v) is 9.66. The molecule has 1 N–H and O–H groups in total. The van der Waals surface area contributed by atoms with Gasteiger partial charge in [-0.05, 0) is 25.5 Å². The number of nitrogens with zero attached hydrogens (tertiary/aromatic N) is 1. The SMILES string of the molecule is CC(C#N)CNCCc1ccc(Cl)s1. The van der Waals surface area contributed by atoms with Crippen molar-refractivity contribution in [1.82, 2.24) is 5.32 Å². The fraction of sp³-hybridized carbons (Fsp3) is 0.500.